The van der Waals surface area contributed by atoms with Crippen molar-refractivity contribution in [2.45, 2.75) is 38.8 Å². The van der Waals surface area contributed by atoms with Gasteiger partial charge in [-0.25, -0.2) is 0 Å². The Hall–Kier alpha value is -3.34. The molecule has 0 spiro atoms. The van der Waals surface area contributed by atoms with Crippen LogP contribution in [0.3, 0.4) is 0 Å². The minimum absolute atomic E-state index is 0.113. The Labute approximate surface area is 175 Å². The number of nitrogens with zero attached hydrogens (tertiary/aromatic N) is 3. The molecular weight excluding hydrogens is 374 g/mol. The lowest BCUT2D eigenvalue weighted by molar-refractivity contribution is 0.305. The first-order valence-corrected chi connectivity index (χ1v) is 10.6. The molecule has 1 aliphatic rings. The van der Waals surface area contributed by atoms with Crippen molar-refractivity contribution >= 4 is 10.9 Å². The first-order chi connectivity index (χ1) is 14.8. The lowest BCUT2D eigenvalue weighted by atomic mass is 10.1. The van der Waals surface area contributed by atoms with Crippen LogP contribution in [-0.2, 0) is 13.2 Å². The van der Waals surface area contributed by atoms with Crippen LogP contribution in [0, 0.1) is 5.92 Å². The molecule has 5 nitrogen and oxygen atoms in total. The van der Waals surface area contributed by atoms with E-state index in [-0.39, 0.29) is 5.56 Å². The zero-order chi connectivity index (χ0) is 20.3. The number of benzene rings is 2. The predicted molar refractivity (Wildman–Crippen MR) is 118 cm³/mol. The first kappa shape index (κ1) is 18.7. The van der Waals surface area contributed by atoms with Crippen molar-refractivity contribution in [2.24, 2.45) is 5.92 Å². The van der Waals surface area contributed by atoms with Gasteiger partial charge in [0.25, 0.3) is 5.56 Å². The minimum Gasteiger partial charge on any atom is -0.489 e. The Bertz CT molecular complexity index is 1200. The van der Waals surface area contributed by atoms with Crippen LogP contribution in [0.4, 0.5) is 0 Å². The van der Waals surface area contributed by atoms with Crippen molar-refractivity contribution in [1.29, 1.82) is 0 Å². The fourth-order valence-electron chi connectivity index (χ4n) is 4.31. The highest BCUT2D eigenvalue weighted by molar-refractivity contribution is 5.80. The molecule has 0 radical (unpaired) electrons. The van der Waals surface area contributed by atoms with E-state index in [2.05, 4.69) is 15.8 Å². The topological polar surface area (TPSA) is 49.1 Å². The maximum atomic E-state index is 12.7. The van der Waals surface area contributed by atoms with Crippen molar-refractivity contribution < 1.29 is 4.74 Å². The molecule has 5 rings (SSSR count). The van der Waals surface area contributed by atoms with Crippen LogP contribution in [0.25, 0.3) is 16.6 Å². The number of rotatable bonds is 6. The minimum atomic E-state index is -0.113. The van der Waals surface area contributed by atoms with Gasteiger partial charge < -0.3 is 4.74 Å². The van der Waals surface area contributed by atoms with Crippen molar-refractivity contribution in [2.75, 3.05) is 0 Å². The quantitative estimate of drug-likeness (QED) is 0.461. The maximum Gasteiger partial charge on any atom is 0.258 e. The summed E-state index contributed by atoms with van der Waals surface area (Å²) in [4.78, 5) is 12.7. The molecule has 0 atom stereocenters. The van der Waals surface area contributed by atoms with Gasteiger partial charge >= 0.3 is 0 Å². The third-order valence-electron chi connectivity index (χ3n) is 5.95. The van der Waals surface area contributed by atoms with Crippen LogP contribution in [-0.4, -0.2) is 14.3 Å². The fourth-order valence-corrected chi connectivity index (χ4v) is 4.31. The second-order valence-electron chi connectivity index (χ2n) is 8.07. The van der Waals surface area contributed by atoms with E-state index in [4.69, 9.17) is 4.74 Å². The highest BCUT2D eigenvalue weighted by atomic mass is 16.5. The maximum absolute atomic E-state index is 12.7. The standard InChI is InChI=1S/C25H25N3O2/c29-25-15-23(30-18-20-8-2-1-3-9-20)12-13-27(25)22-10-11-24-21(14-22)16-26-28(24)17-19-6-4-5-7-19/h1-3,8-16,19H,4-7,17-18H2. The number of fused-ring (bicyclic) bond motifs is 1. The Kier molecular flexibility index (Phi) is 5.10. The van der Waals surface area contributed by atoms with Crippen LogP contribution >= 0.6 is 0 Å². The predicted octanol–water partition coefficient (Wildman–Crippen LogP) is 4.96. The smallest absolute Gasteiger partial charge is 0.258 e. The molecule has 0 unspecified atom stereocenters. The summed E-state index contributed by atoms with van der Waals surface area (Å²) in [5, 5.41) is 5.65. The number of ether oxygens (including phenoxy) is 1. The number of pyridine rings is 1. The van der Waals surface area contributed by atoms with Crippen LogP contribution in [0.2, 0.25) is 0 Å². The number of aromatic nitrogens is 3. The van der Waals surface area contributed by atoms with E-state index in [1.807, 2.05) is 54.7 Å². The molecule has 0 bridgehead atoms. The van der Waals surface area contributed by atoms with Crippen LogP contribution < -0.4 is 10.3 Å². The highest BCUT2D eigenvalue weighted by Gasteiger charge is 2.17. The monoisotopic (exact) mass is 399 g/mol. The second-order valence-corrected chi connectivity index (χ2v) is 8.07. The molecule has 5 heteroatoms. The Morgan fingerprint density at radius 3 is 2.63 bits per heavy atom. The van der Waals surface area contributed by atoms with Gasteiger partial charge in [0.15, 0.2) is 0 Å². The Morgan fingerprint density at radius 1 is 1.00 bits per heavy atom. The van der Waals surface area contributed by atoms with Gasteiger partial charge in [-0.1, -0.05) is 43.2 Å². The average molecular weight is 399 g/mol. The van der Waals surface area contributed by atoms with E-state index in [9.17, 15) is 4.79 Å². The van der Waals surface area contributed by atoms with Crippen molar-refractivity contribution in [3.05, 3.63) is 89.0 Å². The molecule has 1 aliphatic carbocycles. The average Bonchev–Trinajstić information content (AvgIpc) is 3.43. The van der Waals surface area contributed by atoms with Gasteiger partial charge in [-0.15, -0.1) is 0 Å². The molecule has 0 saturated heterocycles. The molecule has 4 aromatic rings. The summed E-state index contributed by atoms with van der Waals surface area (Å²) in [5.74, 6) is 1.31. The summed E-state index contributed by atoms with van der Waals surface area (Å²) in [5.41, 5.74) is 2.92. The van der Waals surface area contributed by atoms with Crippen molar-refractivity contribution in [1.82, 2.24) is 14.3 Å². The molecule has 2 aromatic carbocycles. The van der Waals surface area contributed by atoms with Crippen molar-refractivity contribution in [3.8, 4) is 11.4 Å². The molecule has 30 heavy (non-hydrogen) atoms. The van der Waals surface area contributed by atoms with Crippen molar-refractivity contribution in [3.63, 3.8) is 0 Å². The lowest BCUT2D eigenvalue weighted by Crippen LogP contribution is -2.16. The summed E-state index contributed by atoms with van der Waals surface area (Å²) < 4.78 is 9.53. The fraction of sp³-hybridized carbons (Fsp3) is 0.280. The van der Waals surface area contributed by atoms with E-state index >= 15 is 0 Å². The van der Waals surface area contributed by atoms with Gasteiger partial charge in [-0.05, 0) is 48.6 Å². The van der Waals surface area contributed by atoms with E-state index < -0.39 is 0 Å². The molecule has 2 heterocycles. The third-order valence-corrected chi connectivity index (χ3v) is 5.95. The SMILES string of the molecule is O=c1cc(OCc2ccccc2)ccn1-c1ccc2c(cnn2CC2CCCC2)c1. The number of hydrogen-bond donors (Lipinski definition) is 0. The Balaban J connectivity index is 1.35. The van der Waals surface area contributed by atoms with Crippen LogP contribution in [0.15, 0.2) is 77.9 Å². The summed E-state index contributed by atoms with van der Waals surface area (Å²) in [6.45, 7) is 1.42. The first-order valence-electron chi connectivity index (χ1n) is 10.6. The zero-order valence-corrected chi connectivity index (χ0v) is 16.9. The van der Waals surface area contributed by atoms with E-state index in [0.29, 0.717) is 12.4 Å². The van der Waals surface area contributed by atoms with Crippen LogP contribution in [0.1, 0.15) is 31.2 Å². The van der Waals surface area contributed by atoms with E-state index in [1.165, 1.54) is 31.7 Å². The van der Waals surface area contributed by atoms with Gasteiger partial charge in [-0.2, -0.15) is 5.10 Å². The van der Waals surface area contributed by atoms with Gasteiger partial charge in [0.2, 0.25) is 0 Å². The molecule has 1 fully saturated rings. The van der Waals surface area contributed by atoms with Gasteiger partial charge in [0.05, 0.1) is 11.7 Å². The molecule has 152 valence electrons. The molecule has 2 aromatic heterocycles. The number of hydrogen-bond acceptors (Lipinski definition) is 3. The molecular formula is C25H25N3O2. The largest absolute Gasteiger partial charge is 0.489 e. The van der Waals surface area contributed by atoms with E-state index in [0.717, 1.165) is 34.6 Å². The highest BCUT2D eigenvalue weighted by Crippen LogP contribution is 2.27. The molecule has 0 N–H and O–H groups in total. The molecule has 1 saturated carbocycles. The van der Waals surface area contributed by atoms with Gasteiger partial charge in [0, 0.05) is 29.9 Å². The lowest BCUT2D eigenvalue weighted by Gasteiger charge is -2.11. The Morgan fingerprint density at radius 2 is 1.83 bits per heavy atom. The zero-order valence-electron chi connectivity index (χ0n) is 16.9. The molecule has 0 amide bonds. The van der Waals surface area contributed by atoms with Crippen LogP contribution in [0.5, 0.6) is 5.75 Å². The van der Waals surface area contributed by atoms with Gasteiger partial charge in [0.1, 0.15) is 12.4 Å². The molecule has 0 aliphatic heterocycles. The summed E-state index contributed by atoms with van der Waals surface area (Å²) in [6, 6.07) is 19.4. The van der Waals surface area contributed by atoms with E-state index in [1.54, 1.807) is 10.8 Å². The summed E-state index contributed by atoms with van der Waals surface area (Å²) >= 11 is 0. The second kappa shape index (κ2) is 8.19. The third kappa shape index (κ3) is 3.88. The normalized spacial score (nSPS) is 14.4. The summed E-state index contributed by atoms with van der Waals surface area (Å²) in [7, 11) is 0. The van der Waals surface area contributed by atoms with Gasteiger partial charge in [-0.3, -0.25) is 14.0 Å². The summed E-state index contributed by atoms with van der Waals surface area (Å²) in [6.07, 6.45) is 8.94.